The van der Waals surface area contributed by atoms with Gasteiger partial charge >= 0.3 is 6.18 Å². The van der Waals surface area contributed by atoms with Gasteiger partial charge in [0.05, 0.1) is 49.7 Å². The van der Waals surface area contributed by atoms with Crippen molar-refractivity contribution < 1.29 is 27.4 Å². The maximum absolute atomic E-state index is 13.6. The number of hydrogen-bond acceptors (Lipinski definition) is 7. The monoisotopic (exact) mass is 489 g/mol. The number of anilines is 1. The van der Waals surface area contributed by atoms with Crippen LogP contribution in [0, 0.1) is 0 Å². The lowest BCUT2D eigenvalue weighted by Gasteiger charge is -2.40. The van der Waals surface area contributed by atoms with Crippen molar-refractivity contribution in [1.29, 1.82) is 0 Å². The van der Waals surface area contributed by atoms with Crippen molar-refractivity contribution in [3.63, 3.8) is 0 Å². The van der Waals surface area contributed by atoms with E-state index in [9.17, 15) is 18.0 Å². The zero-order valence-electron chi connectivity index (χ0n) is 19.6. The van der Waals surface area contributed by atoms with Crippen LogP contribution < -0.4 is 5.73 Å². The maximum Gasteiger partial charge on any atom is 0.433 e. The largest absolute Gasteiger partial charge is 0.433 e. The Bertz CT molecular complexity index is 1240. The van der Waals surface area contributed by atoms with Gasteiger partial charge in [0.1, 0.15) is 17.2 Å². The summed E-state index contributed by atoms with van der Waals surface area (Å²) in [7, 11) is 0. The molecule has 4 heterocycles. The maximum atomic E-state index is 13.6. The van der Waals surface area contributed by atoms with Crippen LogP contribution >= 0.6 is 0 Å². The lowest BCUT2D eigenvalue weighted by atomic mass is 10.0. The molecule has 0 radical (unpaired) electrons. The van der Waals surface area contributed by atoms with E-state index in [0.717, 1.165) is 28.8 Å². The average molecular weight is 489 g/mol. The molecule has 0 unspecified atom stereocenters. The molecule has 0 spiro atoms. The minimum atomic E-state index is -4.59. The fourth-order valence-corrected chi connectivity index (χ4v) is 4.41. The molecule has 4 rings (SSSR count). The highest BCUT2D eigenvalue weighted by Crippen LogP contribution is 2.38. The van der Waals surface area contributed by atoms with Gasteiger partial charge in [0.15, 0.2) is 0 Å². The van der Waals surface area contributed by atoms with Crippen LogP contribution in [0.15, 0.2) is 41.2 Å². The van der Waals surface area contributed by atoms with Crippen LogP contribution in [0.2, 0.25) is 0 Å². The number of allylic oxidation sites excluding steroid dienone is 2. The van der Waals surface area contributed by atoms with Crippen molar-refractivity contribution in [2.24, 2.45) is 4.99 Å². The number of carbonyl (C=O) groups excluding carboxylic acids is 1. The first-order chi connectivity index (χ1) is 16.5. The quantitative estimate of drug-likeness (QED) is 0.648. The van der Waals surface area contributed by atoms with Crippen LogP contribution in [0.1, 0.15) is 48.5 Å². The normalized spacial score (nSPS) is 23.2. The van der Waals surface area contributed by atoms with Crippen LogP contribution in [0.25, 0.3) is 10.9 Å². The van der Waals surface area contributed by atoms with Crippen LogP contribution in [-0.4, -0.2) is 58.5 Å². The molecule has 1 saturated heterocycles. The number of halogens is 3. The van der Waals surface area contributed by atoms with E-state index in [0.29, 0.717) is 17.9 Å². The van der Waals surface area contributed by atoms with Crippen molar-refractivity contribution in [2.75, 3.05) is 18.9 Å². The Morgan fingerprint density at radius 3 is 2.77 bits per heavy atom. The van der Waals surface area contributed by atoms with E-state index in [-0.39, 0.29) is 36.6 Å². The van der Waals surface area contributed by atoms with E-state index in [2.05, 4.69) is 21.5 Å². The summed E-state index contributed by atoms with van der Waals surface area (Å²) in [4.78, 5) is 27.4. The third-order valence-corrected chi connectivity index (χ3v) is 6.19. The lowest BCUT2D eigenvalue weighted by Crippen LogP contribution is -2.54. The van der Waals surface area contributed by atoms with Gasteiger partial charge in [-0.1, -0.05) is 12.7 Å². The summed E-state index contributed by atoms with van der Waals surface area (Å²) in [5.74, 6) is -0.0305. The van der Waals surface area contributed by atoms with E-state index < -0.39 is 23.8 Å². The Hall–Kier alpha value is -3.31. The Balaban J connectivity index is 1.67. The van der Waals surface area contributed by atoms with Crippen molar-refractivity contribution >= 4 is 28.8 Å². The second-order valence-corrected chi connectivity index (χ2v) is 8.55. The molecule has 1 amide bonds. The molecule has 3 atom stereocenters. The number of nitrogens with zero attached hydrogens (tertiary/aromatic N) is 4. The zero-order valence-corrected chi connectivity index (χ0v) is 19.6. The molecule has 8 nitrogen and oxygen atoms in total. The van der Waals surface area contributed by atoms with Crippen molar-refractivity contribution in [3.05, 3.63) is 53.0 Å². The van der Waals surface area contributed by atoms with Gasteiger partial charge in [0.25, 0.3) is 5.91 Å². The first-order valence-corrected chi connectivity index (χ1v) is 11.1. The van der Waals surface area contributed by atoms with Crippen LogP contribution in [-0.2, 0) is 16.1 Å². The summed E-state index contributed by atoms with van der Waals surface area (Å²) in [6, 6.07) is 0.575. The number of pyridine rings is 2. The molecule has 2 aliphatic heterocycles. The van der Waals surface area contributed by atoms with Gasteiger partial charge in [0, 0.05) is 17.2 Å². The number of fused-ring (bicyclic) bond motifs is 3. The molecule has 2 N–H and O–H groups in total. The van der Waals surface area contributed by atoms with Crippen molar-refractivity contribution in [2.45, 2.75) is 51.7 Å². The number of hydrogen-bond donors (Lipinski definition) is 1. The number of carbonyl (C=O) groups is 1. The van der Waals surface area contributed by atoms with Gasteiger partial charge in [-0.05, 0) is 38.0 Å². The molecule has 0 aliphatic carbocycles. The Kier molecular flexibility index (Phi) is 6.65. The summed E-state index contributed by atoms with van der Waals surface area (Å²) in [5.41, 5.74) is 7.64. The fourth-order valence-electron chi connectivity index (χ4n) is 4.41. The number of morpholine rings is 1. The third kappa shape index (κ3) is 4.65. The highest BCUT2D eigenvalue weighted by Gasteiger charge is 2.36. The SMILES string of the molecule is C=C(C=N/C(=C\C)C(F)(F)F)[C@@H]1COC[C@H](C)N1C(=O)c1cc2c3c(c(N)nc2cn1)[C@@H](C)OC3. The summed E-state index contributed by atoms with van der Waals surface area (Å²) in [5, 5.41) is 0.720. The van der Waals surface area contributed by atoms with E-state index in [4.69, 9.17) is 15.2 Å². The average Bonchev–Trinajstić information content (AvgIpc) is 3.20. The first-order valence-electron chi connectivity index (χ1n) is 11.1. The number of alkyl halides is 3. The number of nitrogens with two attached hydrogens (primary N) is 1. The summed E-state index contributed by atoms with van der Waals surface area (Å²) in [6.45, 7) is 9.47. The van der Waals surface area contributed by atoms with Crippen LogP contribution in [0.3, 0.4) is 0 Å². The first kappa shape index (κ1) is 24.8. The smallest absolute Gasteiger partial charge is 0.383 e. The number of rotatable bonds is 4. The minimum Gasteiger partial charge on any atom is -0.383 e. The number of aromatic nitrogens is 2. The van der Waals surface area contributed by atoms with Gasteiger partial charge in [0.2, 0.25) is 0 Å². The van der Waals surface area contributed by atoms with Crippen LogP contribution in [0.4, 0.5) is 19.0 Å². The van der Waals surface area contributed by atoms with Crippen molar-refractivity contribution in [3.8, 4) is 0 Å². The molecule has 0 bridgehead atoms. The highest BCUT2D eigenvalue weighted by atomic mass is 19.4. The van der Waals surface area contributed by atoms with E-state index >= 15 is 0 Å². The molecule has 35 heavy (non-hydrogen) atoms. The van der Waals surface area contributed by atoms with Gasteiger partial charge in [-0.2, -0.15) is 13.2 Å². The van der Waals surface area contributed by atoms with Crippen LogP contribution in [0.5, 0.6) is 0 Å². The third-order valence-electron chi connectivity index (χ3n) is 6.19. The molecule has 2 aromatic heterocycles. The molecule has 2 aromatic rings. The Morgan fingerprint density at radius 1 is 1.34 bits per heavy atom. The molecule has 11 heteroatoms. The number of aliphatic imine (C=N–C) groups is 1. The predicted octanol–water partition coefficient (Wildman–Crippen LogP) is 4.13. The van der Waals surface area contributed by atoms with Gasteiger partial charge in [-0.15, -0.1) is 0 Å². The molecular formula is C24H26F3N5O3. The standard InChI is InChI=1S/C24H26F3N5O3/c1-5-20(24(25,26)27)30-7-12(2)19-11-34-9-13(3)32(19)23(33)17-6-15-16-10-35-14(4)21(16)22(28)31-18(15)8-29-17/h5-8,13-14,19H,2,9-11H2,1,3-4H3,(H2,28,31)/b20-5-,30-7?/t13-,14+,19-/m0/s1. The number of nitrogen functional groups attached to an aromatic ring is 1. The summed E-state index contributed by atoms with van der Waals surface area (Å²) in [6.07, 6.45) is -1.42. The zero-order chi connectivity index (χ0) is 25.5. The molecule has 2 aliphatic rings. The number of ether oxygens (including phenoxy) is 2. The second kappa shape index (κ2) is 9.38. The molecule has 0 aromatic carbocycles. The van der Waals surface area contributed by atoms with E-state index in [1.54, 1.807) is 13.0 Å². The summed E-state index contributed by atoms with van der Waals surface area (Å²) >= 11 is 0. The van der Waals surface area contributed by atoms with Gasteiger partial charge < -0.3 is 20.1 Å². The Morgan fingerprint density at radius 2 is 2.09 bits per heavy atom. The molecule has 0 saturated carbocycles. The minimum absolute atomic E-state index is 0.0740. The molecular weight excluding hydrogens is 463 g/mol. The molecule has 186 valence electrons. The van der Waals surface area contributed by atoms with Gasteiger partial charge in [-0.25, -0.2) is 9.97 Å². The summed E-state index contributed by atoms with van der Waals surface area (Å²) < 4.78 is 50.4. The van der Waals surface area contributed by atoms with E-state index in [1.807, 2.05) is 6.92 Å². The number of amides is 1. The predicted molar refractivity (Wildman–Crippen MR) is 125 cm³/mol. The topological polar surface area (TPSA) is 103 Å². The van der Waals surface area contributed by atoms with E-state index in [1.165, 1.54) is 18.0 Å². The Labute approximate surface area is 200 Å². The van der Waals surface area contributed by atoms with Crippen molar-refractivity contribution in [1.82, 2.24) is 14.9 Å². The second-order valence-electron chi connectivity index (χ2n) is 8.55. The molecule has 1 fully saturated rings. The lowest BCUT2D eigenvalue weighted by molar-refractivity contribution is -0.0924. The van der Waals surface area contributed by atoms with Gasteiger partial charge in [-0.3, -0.25) is 9.79 Å². The highest BCUT2D eigenvalue weighted by molar-refractivity contribution is 5.98. The fraction of sp³-hybridized carbons (Fsp3) is 0.417.